The van der Waals surface area contributed by atoms with Gasteiger partial charge in [-0.1, -0.05) is 39.0 Å². The molecule has 6 rings (SSSR count). The van der Waals surface area contributed by atoms with E-state index in [-0.39, 0.29) is 37.5 Å². The smallest absolute Gasteiger partial charge is 0.338 e. The molecule has 1 amide bonds. The number of ether oxygens (including phenoxy) is 6. The highest BCUT2D eigenvalue weighted by Gasteiger charge is 2.79. The Morgan fingerprint density at radius 3 is 2.30 bits per heavy atom. The van der Waals surface area contributed by atoms with Crippen LogP contribution in [-0.4, -0.2) is 114 Å². The Bertz CT molecular complexity index is 1650. The van der Waals surface area contributed by atoms with Crippen molar-refractivity contribution in [2.75, 3.05) is 20.2 Å². The van der Waals surface area contributed by atoms with Crippen molar-refractivity contribution in [1.29, 1.82) is 0 Å². The molecule has 14 heteroatoms. The van der Waals surface area contributed by atoms with Gasteiger partial charge in [-0.3, -0.25) is 14.4 Å². The molecule has 13 unspecified atom stereocenters. The number of benzene rings is 1. The molecule has 2 bridgehead atoms. The molecule has 4 fully saturated rings. The standard InChI is InChI=1S/C39H54N2O12/c1-19(21(3)41-22(4)42)34(45)49-25-16-39(47)33(52-35(46)24-13-11-10-12-14-24)31-37(8,26(44)15-27-38(31,18-48-27)53-23(5)43)32-30(50-28(51-32)17-40-9)29(20(25)2)36(39,6)7/h10-14,19,21,25-28,30-33,40,44,47H,15-18H2,1-9H3,(H,41,42). The summed E-state index contributed by atoms with van der Waals surface area (Å²) >= 11 is 0. The first-order valence-corrected chi connectivity index (χ1v) is 18.4. The van der Waals surface area contributed by atoms with Gasteiger partial charge in [0.05, 0.1) is 36.2 Å². The van der Waals surface area contributed by atoms with Crippen LogP contribution in [0.25, 0.3) is 0 Å². The minimum absolute atomic E-state index is 0.0768. The minimum Gasteiger partial charge on any atom is -0.457 e. The Morgan fingerprint density at radius 1 is 1.04 bits per heavy atom. The molecule has 0 spiro atoms. The molecular weight excluding hydrogens is 688 g/mol. The maximum atomic E-state index is 14.2. The second-order valence-corrected chi connectivity index (χ2v) is 16.3. The third-order valence-electron chi connectivity index (χ3n) is 12.9. The van der Waals surface area contributed by atoms with Crippen LogP contribution in [0.15, 0.2) is 41.5 Å². The van der Waals surface area contributed by atoms with Crippen molar-refractivity contribution in [2.45, 2.75) is 128 Å². The lowest BCUT2D eigenvalue weighted by molar-refractivity contribution is -0.362. The largest absolute Gasteiger partial charge is 0.457 e. The second kappa shape index (κ2) is 14.0. The maximum Gasteiger partial charge on any atom is 0.338 e. The van der Waals surface area contributed by atoms with Crippen molar-refractivity contribution in [3.05, 3.63) is 47.0 Å². The molecule has 292 valence electrons. The zero-order valence-corrected chi connectivity index (χ0v) is 32.0. The Morgan fingerprint density at radius 2 is 1.72 bits per heavy atom. The molecular formula is C39H54N2O12. The van der Waals surface area contributed by atoms with Crippen LogP contribution in [0.2, 0.25) is 0 Å². The molecule has 1 aromatic rings. The van der Waals surface area contributed by atoms with Gasteiger partial charge in [-0.2, -0.15) is 0 Å². The molecule has 5 aliphatic rings. The quantitative estimate of drug-likeness (QED) is 0.164. The summed E-state index contributed by atoms with van der Waals surface area (Å²) in [4.78, 5) is 52.8. The fourth-order valence-electron chi connectivity index (χ4n) is 9.81. The molecule has 0 aromatic heterocycles. The fraction of sp³-hybridized carbons (Fsp3) is 0.692. The van der Waals surface area contributed by atoms with Crippen LogP contribution in [0.1, 0.15) is 78.6 Å². The molecule has 14 nitrogen and oxygen atoms in total. The van der Waals surface area contributed by atoms with Gasteiger partial charge in [-0.15, -0.1) is 0 Å². The first-order valence-electron chi connectivity index (χ1n) is 18.4. The second-order valence-electron chi connectivity index (χ2n) is 16.3. The van der Waals surface area contributed by atoms with Crippen LogP contribution in [0.5, 0.6) is 0 Å². The number of hydrogen-bond acceptors (Lipinski definition) is 13. The highest BCUT2D eigenvalue weighted by molar-refractivity contribution is 5.89. The van der Waals surface area contributed by atoms with Gasteiger partial charge < -0.3 is 49.3 Å². The monoisotopic (exact) mass is 742 g/mol. The Kier molecular flexibility index (Phi) is 10.4. The van der Waals surface area contributed by atoms with Gasteiger partial charge in [0.25, 0.3) is 0 Å². The van der Waals surface area contributed by atoms with Crippen molar-refractivity contribution in [3.63, 3.8) is 0 Å². The lowest BCUT2D eigenvalue weighted by atomic mass is 9.44. The Hall–Kier alpha value is -3.40. The molecule has 0 radical (unpaired) electrons. The van der Waals surface area contributed by atoms with Crippen molar-refractivity contribution in [2.24, 2.45) is 22.7 Å². The summed E-state index contributed by atoms with van der Waals surface area (Å²) < 4.78 is 38.5. The van der Waals surface area contributed by atoms with Gasteiger partial charge >= 0.3 is 17.9 Å². The van der Waals surface area contributed by atoms with Crippen molar-refractivity contribution in [3.8, 4) is 0 Å². The number of rotatable bonds is 9. The number of amides is 1. The lowest BCUT2D eigenvalue weighted by Gasteiger charge is -2.68. The number of carbonyl (C=O) groups excluding carboxylic acids is 4. The molecule has 2 saturated heterocycles. The number of carbonyl (C=O) groups is 4. The van der Waals surface area contributed by atoms with Gasteiger partial charge in [-0.25, -0.2) is 4.79 Å². The van der Waals surface area contributed by atoms with E-state index in [4.69, 9.17) is 28.4 Å². The summed E-state index contributed by atoms with van der Waals surface area (Å²) in [5, 5.41) is 31.7. The third kappa shape index (κ3) is 6.19. The molecule has 1 aromatic carbocycles. The van der Waals surface area contributed by atoms with E-state index in [1.165, 1.54) is 13.8 Å². The third-order valence-corrected chi connectivity index (χ3v) is 12.9. The number of likely N-dealkylation sites (N-methyl/N-ethyl adjacent to an activating group) is 1. The number of aliphatic hydroxyl groups is 2. The summed E-state index contributed by atoms with van der Waals surface area (Å²) in [6.07, 6.45) is -7.21. The van der Waals surface area contributed by atoms with E-state index >= 15 is 0 Å². The van der Waals surface area contributed by atoms with Gasteiger partial charge in [0.2, 0.25) is 5.91 Å². The lowest BCUT2D eigenvalue weighted by Crippen LogP contribution is -2.82. The average molecular weight is 743 g/mol. The predicted octanol–water partition coefficient (Wildman–Crippen LogP) is 2.19. The van der Waals surface area contributed by atoms with E-state index < -0.39 is 101 Å². The maximum absolute atomic E-state index is 14.2. The summed E-state index contributed by atoms with van der Waals surface area (Å²) in [7, 11) is 1.75. The highest BCUT2D eigenvalue weighted by Crippen LogP contribution is 2.66. The molecule has 3 aliphatic carbocycles. The van der Waals surface area contributed by atoms with Crippen LogP contribution in [0.4, 0.5) is 0 Å². The normalized spacial score (nSPS) is 39.4. The molecule has 53 heavy (non-hydrogen) atoms. The van der Waals surface area contributed by atoms with Gasteiger partial charge in [0, 0.05) is 50.1 Å². The number of aliphatic hydroxyl groups excluding tert-OH is 1. The topological polar surface area (TPSA) is 188 Å². The Balaban J connectivity index is 1.59. The number of esters is 3. The minimum atomic E-state index is -2.03. The van der Waals surface area contributed by atoms with E-state index in [2.05, 4.69) is 10.6 Å². The zero-order valence-electron chi connectivity index (χ0n) is 32.0. The van der Waals surface area contributed by atoms with Gasteiger partial charge in [-0.05, 0) is 51.1 Å². The summed E-state index contributed by atoms with van der Waals surface area (Å²) in [6, 6.07) is 7.78. The predicted molar refractivity (Wildman–Crippen MR) is 188 cm³/mol. The Labute approximate surface area is 310 Å². The summed E-state index contributed by atoms with van der Waals surface area (Å²) in [6.45, 7) is 13.5. The molecule has 2 saturated carbocycles. The SMILES string of the molecule is CNCC1OC2C3=C(C)C(OC(=O)C(C)C(C)NC(C)=O)CC(O)(C(OC(=O)c4ccccc4)C4C5(OC(C)=O)COC5CC(O)C4(C)C2O1)C3(C)C. The first-order chi connectivity index (χ1) is 24.8. The van der Waals surface area contributed by atoms with Gasteiger partial charge in [0.15, 0.2) is 11.9 Å². The van der Waals surface area contributed by atoms with Crippen LogP contribution in [0, 0.1) is 22.7 Å². The zero-order chi connectivity index (χ0) is 38.8. The number of nitrogens with one attached hydrogen (secondary N) is 2. The van der Waals surface area contributed by atoms with Crippen LogP contribution in [-0.2, 0) is 42.8 Å². The average Bonchev–Trinajstić information content (AvgIpc) is 3.50. The van der Waals surface area contributed by atoms with Crippen molar-refractivity contribution >= 4 is 23.8 Å². The van der Waals surface area contributed by atoms with Crippen LogP contribution < -0.4 is 10.6 Å². The molecule has 2 heterocycles. The first kappa shape index (κ1) is 39.3. The van der Waals surface area contributed by atoms with Gasteiger partial charge in [0.1, 0.15) is 30.0 Å². The summed E-state index contributed by atoms with van der Waals surface area (Å²) in [5.74, 6) is -4.13. The van der Waals surface area contributed by atoms with E-state index in [9.17, 15) is 29.4 Å². The van der Waals surface area contributed by atoms with E-state index in [1.54, 1.807) is 51.2 Å². The number of fused-ring (bicyclic) bond motifs is 8. The summed E-state index contributed by atoms with van der Waals surface area (Å²) in [5.41, 5.74) is -4.69. The van der Waals surface area contributed by atoms with E-state index in [0.717, 1.165) is 0 Å². The molecule has 13 atom stereocenters. The molecule has 2 aliphatic heterocycles. The van der Waals surface area contributed by atoms with Crippen LogP contribution in [0.3, 0.4) is 0 Å². The van der Waals surface area contributed by atoms with Crippen molar-refractivity contribution < 1.29 is 57.8 Å². The van der Waals surface area contributed by atoms with E-state index in [0.29, 0.717) is 11.1 Å². The van der Waals surface area contributed by atoms with Crippen LogP contribution >= 0.6 is 0 Å². The van der Waals surface area contributed by atoms with E-state index in [1.807, 2.05) is 27.7 Å². The van der Waals surface area contributed by atoms with Crippen molar-refractivity contribution in [1.82, 2.24) is 10.6 Å². The highest BCUT2D eigenvalue weighted by atomic mass is 16.7. The fourth-order valence-corrected chi connectivity index (χ4v) is 9.81. The number of hydrogen-bond donors (Lipinski definition) is 4. The molecule has 4 N–H and O–H groups in total.